The molecule has 0 spiro atoms. The Labute approximate surface area is 306 Å². The molecule has 0 fully saturated rings. The van der Waals surface area contributed by atoms with Crippen LogP contribution < -0.4 is 0 Å². The smallest absolute Gasteiger partial charge is 0.164 e. The van der Waals surface area contributed by atoms with Crippen LogP contribution >= 0.6 is 0 Å². The van der Waals surface area contributed by atoms with E-state index < -0.39 is 0 Å². The van der Waals surface area contributed by atoms with E-state index in [9.17, 15) is 0 Å². The number of benzene rings is 8. The van der Waals surface area contributed by atoms with E-state index in [1.54, 1.807) is 0 Å². The second-order valence-electron chi connectivity index (χ2n) is 13.3. The van der Waals surface area contributed by atoms with Gasteiger partial charge in [0, 0.05) is 27.5 Å². The highest BCUT2D eigenvalue weighted by atomic mass is 16.3. The molecule has 0 unspecified atom stereocenters. The van der Waals surface area contributed by atoms with Crippen LogP contribution in [0, 0.1) is 0 Å². The third-order valence-electron chi connectivity index (χ3n) is 9.88. The Morgan fingerprint density at radius 2 is 0.811 bits per heavy atom. The molecule has 10 rings (SSSR count). The van der Waals surface area contributed by atoms with Crippen LogP contribution in [0.5, 0.6) is 0 Å². The normalized spacial score (nSPS) is 11.4. The van der Waals surface area contributed by atoms with Crippen molar-refractivity contribution in [1.29, 1.82) is 0 Å². The molecule has 4 heteroatoms. The van der Waals surface area contributed by atoms with Crippen LogP contribution in [0.15, 0.2) is 192 Å². The molecule has 8 aromatic carbocycles. The fraction of sp³-hybridized carbons (Fsp3) is 0. The van der Waals surface area contributed by atoms with Crippen molar-refractivity contribution >= 4 is 32.7 Å². The number of aromatic nitrogens is 3. The van der Waals surface area contributed by atoms with E-state index in [2.05, 4.69) is 152 Å². The lowest BCUT2D eigenvalue weighted by Gasteiger charge is -2.13. The van der Waals surface area contributed by atoms with Crippen molar-refractivity contribution in [2.75, 3.05) is 0 Å². The quantitative estimate of drug-likeness (QED) is 0.176. The van der Waals surface area contributed by atoms with Gasteiger partial charge in [-0.15, -0.1) is 0 Å². The summed E-state index contributed by atoms with van der Waals surface area (Å²) in [5.74, 6) is 1.78. The minimum absolute atomic E-state index is 0.582. The standard InChI is InChI=1S/C49H31N3O/c1-4-14-32(15-5-1)38-27-39(33-16-6-2-7-17-33)29-41(28-38)48-50-47(37-25-24-35-20-10-11-21-36(35)26-37)51-49(52-48)43-30-40(34-18-8-3-9-19-34)31-45-46(43)42-22-12-13-23-44(42)53-45/h1-31H. The summed E-state index contributed by atoms with van der Waals surface area (Å²) in [6.45, 7) is 0. The number of para-hydroxylation sites is 1. The summed E-state index contributed by atoms with van der Waals surface area (Å²) in [4.78, 5) is 15.9. The van der Waals surface area contributed by atoms with Gasteiger partial charge in [-0.1, -0.05) is 146 Å². The first-order valence-electron chi connectivity index (χ1n) is 17.8. The number of hydrogen-bond acceptors (Lipinski definition) is 4. The highest BCUT2D eigenvalue weighted by Gasteiger charge is 2.20. The molecule has 0 amide bonds. The molecule has 0 aliphatic heterocycles. The van der Waals surface area contributed by atoms with Crippen LogP contribution in [0.3, 0.4) is 0 Å². The predicted molar refractivity (Wildman–Crippen MR) is 217 cm³/mol. The first-order chi connectivity index (χ1) is 26.2. The van der Waals surface area contributed by atoms with E-state index in [0.29, 0.717) is 17.5 Å². The monoisotopic (exact) mass is 677 g/mol. The van der Waals surface area contributed by atoms with Crippen LogP contribution in [0.4, 0.5) is 0 Å². The number of fused-ring (bicyclic) bond motifs is 4. The number of hydrogen-bond donors (Lipinski definition) is 0. The Hall–Kier alpha value is -7.17. The molecule has 0 N–H and O–H groups in total. The summed E-state index contributed by atoms with van der Waals surface area (Å²) in [5.41, 5.74) is 10.9. The molecule has 248 valence electrons. The van der Waals surface area contributed by atoms with Crippen molar-refractivity contribution in [2.45, 2.75) is 0 Å². The average molecular weight is 678 g/mol. The van der Waals surface area contributed by atoms with Gasteiger partial charge in [0.2, 0.25) is 0 Å². The van der Waals surface area contributed by atoms with Crippen LogP contribution in [0.1, 0.15) is 0 Å². The second kappa shape index (κ2) is 12.9. The summed E-state index contributed by atoms with van der Waals surface area (Å²) >= 11 is 0. The topological polar surface area (TPSA) is 51.8 Å². The summed E-state index contributed by atoms with van der Waals surface area (Å²) in [6, 6.07) is 65.2. The van der Waals surface area contributed by atoms with Crippen molar-refractivity contribution in [3.05, 3.63) is 188 Å². The predicted octanol–water partition coefficient (Wildman–Crippen LogP) is 12.9. The molecule has 2 aromatic heterocycles. The summed E-state index contributed by atoms with van der Waals surface area (Å²) in [6.07, 6.45) is 0. The Bertz CT molecular complexity index is 2880. The Morgan fingerprint density at radius 1 is 0.302 bits per heavy atom. The maximum absolute atomic E-state index is 6.51. The maximum Gasteiger partial charge on any atom is 0.164 e. The molecular weight excluding hydrogens is 647 g/mol. The molecule has 0 aliphatic carbocycles. The summed E-state index contributed by atoms with van der Waals surface area (Å²) < 4.78 is 6.51. The first kappa shape index (κ1) is 30.6. The van der Waals surface area contributed by atoms with Crippen LogP contribution in [-0.4, -0.2) is 15.0 Å². The summed E-state index contributed by atoms with van der Waals surface area (Å²) in [5, 5.41) is 4.28. The maximum atomic E-state index is 6.51. The van der Waals surface area contributed by atoms with Gasteiger partial charge in [-0.3, -0.25) is 0 Å². The molecule has 0 radical (unpaired) electrons. The lowest BCUT2D eigenvalue weighted by Crippen LogP contribution is -2.01. The third kappa shape index (κ3) is 5.73. The van der Waals surface area contributed by atoms with Crippen molar-refractivity contribution in [3.63, 3.8) is 0 Å². The molecule has 0 bridgehead atoms. The molecule has 0 atom stereocenters. The van der Waals surface area contributed by atoms with Gasteiger partial charge in [0.05, 0.1) is 0 Å². The molecule has 10 aromatic rings. The Morgan fingerprint density at radius 3 is 1.47 bits per heavy atom. The molecule has 0 saturated carbocycles. The molecule has 0 aliphatic rings. The number of rotatable bonds is 6. The van der Waals surface area contributed by atoms with Gasteiger partial charge >= 0.3 is 0 Å². The minimum atomic E-state index is 0.582. The van der Waals surface area contributed by atoms with Gasteiger partial charge in [0.15, 0.2) is 17.5 Å². The van der Waals surface area contributed by atoms with E-state index in [1.165, 1.54) is 0 Å². The number of furan rings is 1. The lowest BCUT2D eigenvalue weighted by atomic mass is 9.95. The Kier molecular flexibility index (Phi) is 7.43. The molecule has 4 nitrogen and oxygen atoms in total. The van der Waals surface area contributed by atoms with E-state index in [0.717, 1.165) is 82.8 Å². The van der Waals surface area contributed by atoms with Gasteiger partial charge in [-0.2, -0.15) is 0 Å². The van der Waals surface area contributed by atoms with Gasteiger partial charge < -0.3 is 4.42 Å². The molecule has 2 heterocycles. The molecule has 53 heavy (non-hydrogen) atoms. The van der Waals surface area contributed by atoms with Crippen molar-refractivity contribution in [3.8, 4) is 67.5 Å². The van der Waals surface area contributed by atoms with Gasteiger partial charge in [0.25, 0.3) is 0 Å². The van der Waals surface area contributed by atoms with Crippen LogP contribution in [0.25, 0.3) is 100 Å². The van der Waals surface area contributed by atoms with E-state index in [1.807, 2.05) is 36.4 Å². The van der Waals surface area contributed by atoms with Crippen LogP contribution in [-0.2, 0) is 0 Å². The largest absolute Gasteiger partial charge is 0.456 e. The highest BCUT2D eigenvalue weighted by Crippen LogP contribution is 2.40. The van der Waals surface area contributed by atoms with Crippen molar-refractivity contribution in [2.24, 2.45) is 0 Å². The molecular formula is C49H31N3O. The fourth-order valence-corrected chi connectivity index (χ4v) is 7.26. The van der Waals surface area contributed by atoms with Crippen molar-refractivity contribution < 1.29 is 4.42 Å². The minimum Gasteiger partial charge on any atom is -0.456 e. The van der Waals surface area contributed by atoms with Gasteiger partial charge in [0.1, 0.15) is 11.2 Å². The Balaban J connectivity index is 1.27. The van der Waals surface area contributed by atoms with Gasteiger partial charge in [-0.05, 0) is 86.6 Å². The second-order valence-corrected chi connectivity index (χ2v) is 13.3. The van der Waals surface area contributed by atoms with Gasteiger partial charge in [-0.25, -0.2) is 15.0 Å². The zero-order valence-corrected chi connectivity index (χ0v) is 28.6. The molecule has 0 saturated heterocycles. The van der Waals surface area contributed by atoms with E-state index in [-0.39, 0.29) is 0 Å². The van der Waals surface area contributed by atoms with E-state index in [4.69, 9.17) is 19.4 Å². The summed E-state index contributed by atoms with van der Waals surface area (Å²) in [7, 11) is 0. The highest BCUT2D eigenvalue weighted by molar-refractivity contribution is 6.13. The SMILES string of the molecule is c1ccc(-c2cc(-c3ccccc3)cc(-c3nc(-c4ccc5ccccc5c4)nc(-c4cc(-c5ccccc5)cc5oc6ccccc6c45)n3)c2)cc1. The first-order valence-corrected chi connectivity index (χ1v) is 17.8. The fourth-order valence-electron chi connectivity index (χ4n) is 7.26. The number of nitrogens with zero attached hydrogens (tertiary/aromatic N) is 3. The average Bonchev–Trinajstić information content (AvgIpc) is 3.62. The lowest BCUT2D eigenvalue weighted by molar-refractivity contribution is 0.669. The zero-order valence-electron chi connectivity index (χ0n) is 28.6. The zero-order chi connectivity index (χ0) is 35.1. The van der Waals surface area contributed by atoms with Crippen LogP contribution in [0.2, 0.25) is 0 Å². The van der Waals surface area contributed by atoms with Crippen molar-refractivity contribution in [1.82, 2.24) is 15.0 Å². The third-order valence-corrected chi connectivity index (χ3v) is 9.88. The van der Waals surface area contributed by atoms with E-state index >= 15 is 0 Å².